The standard InChI is InChI=1S/C21H22ClNO2/c1-15(24)25-23-14-21(10-3-2-4-11-21)19-13-17(8-9-20(19)23)16-6-5-7-18(22)12-16/h5-9,12-13H,2-4,10-11,14H2,1H3. The smallest absolute Gasteiger partial charge is 0.329 e. The molecule has 130 valence electrons. The molecule has 0 saturated heterocycles. The summed E-state index contributed by atoms with van der Waals surface area (Å²) in [4.78, 5) is 17.0. The van der Waals surface area contributed by atoms with E-state index in [4.69, 9.17) is 16.4 Å². The molecular weight excluding hydrogens is 334 g/mol. The highest BCUT2D eigenvalue weighted by Gasteiger charge is 2.44. The molecule has 1 spiro atoms. The van der Waals surface area contributed by atoms with E-state index in [1.165, 1.54) is 31.7 Å². The van der Waals surface area contributed by atoms with Gasteiger partial charge in [0.25, 0.3) is 0 Å². The summed E-state index contributed by atoms with van der Waals surface area (Å²) in [5.41, 5.74) is 4.72. The van der Waals surface area contributed by atoms with Crippen molar-refractivity contribution in [3.05, 3.63) is 53.1 Å². The molecule has 1 aliphatic carbocycles. The Morgan fingerprint density at radius 3 is 2.56 bits per heavy atom. The summed E-state index contributed by atoms with van der Waals surface area (Å²) in [7, 11) is 0. The minimum absolute atomic E-state index is 0.0949. The van der Waals surface area contributed by atoms with Gasteiger partial charge in [-0.2, -0.15) is 0 Å². The van der Waals surface area contributed by atoms with Gasteiger partial charge in [0.2, 0.25) is 0 Å². The summed E-state index contributed by atoms with van der Waals surface area (Å²) in [5.74, 6) is -0.266. The van der Waals surface area contributed by atoms with Crippen molar-refractivity contribution < 1.29 is 9.63 Å². The van der Waals surface area contributed by atoms with E-state index < -0.39 is 0 Å². The van der Waals surface area contributed by atoms with Crippen LogP contribution >= 0.6 is 11.6 Å². The van der Waals surface area contributed by atoms with E-state index in [1.54, 1.807) is 5.06 Å². The molecule has 0 unspecified atom stereocenters. The molecule has 3 nitrogen and oxygen atoms in total. The van der Waals surface area contributed by atoms with Crippen molar-refractivity contribution in [1.82, 2.24) is 0 Å². The summed E-state index contributed by atoms with van der Waals surface area (Å²) in [5, 5.41) is 2.54. The molecule has 1 heterocycles. The van der Waals surface area contributed by atoms with Crippen LogP contribution in [0, 0.1) is 0 Å². The highest BCUT2D eigenvalue weighted by molar-refractivity contribution is 6.30. The Morgan fingerprint density at radius 1 is 1.08 bits per heavy atom. The number of carbonyl (C=O) groups excluding carboxylic acids is 1. The number of carbonyl (C=O) groups is 1. The van der Waals surface area contributed by atoms with Gasteiger partial charge in [-0.05, 0) is 53.8 Å². The van der Waals surface area contributed by atoms with Gasteiger partial charge >= 0.3 is 5.97 Å². The first-order valence-electron chi connectivity index (χ1n) is 8.94. The number of rotatable bonds is 2. The number of fused-ring (bicyclic) bond motifs is 2. The van der Waals surface area contributed by atoms with Crippen LogP contribution in [0.25, 0.3) is 11.1 Å². The predicted molar refractivity (Wildman–Crippen MR) is 101 cm³/mol. The second kappa shape index (κ2) is 6.38. The number of benzene rings is 2. The van der Waals surface area contributed by atoms with Crippen molar-refractivity contribution in [2.75, 3.05) is 11.6 Å². The molecular formula is C21H22ClNO2. The Bertz CT molecular complexity index is 811. The highest BCUT2D eigenvalue weighted by atomic mass is 35.5. The van der Waals surface area contributed by atoms with Gasteiger partial charge in [0.15, 0.2) is 0 Å². The van der Waals surface area contributed by atoms with Crippen LogP contribution in [0.2, 0.25) is 5.02 Å². The average Bonchev–Trinajstić information content (AvgIpc) is 2.88. The Kier molecular flexibility index (Phi) is 4.20. The number of nitrogens with zero attached hydrogens (tertiary/aromatic N) is 1. The fourth-order valence-electron chi connectivity index (χ4n) is 4.36. The third-order valence-electron chi connectivity index (χ3n) is 5.49. The fraction of sp³-hybridized carbons (Fsp3) is 0.381. The number of hydrogen-bond donors (Lipinski definition) is 0. The Hall–Kier alpha value is -2.00. The molecule has 4 rings (SSSR count). The van der Waals surface area contributed by atoms with E-state index in [0.29, 0.717) is 0 Å². The second-order valence-corrected chi connectivity index (χ2v) is 7.64. The van der Waals surface area contributed by atoms with E-state index in [1.807, 2.05) is 18.2 Å². The molecule has 0 radical (unpaired) electrons. The minimum atomic E-state index is -0.266. The Morgan fingerprint density at radius 2 is 1.84 bits per heavy atom. The number of anilines is 1. The zero-order chi connectivity index (χ0) is 17.4. The van der Waals surface area contributed by atoms with Crippen LogP contribution in [0.1, 0.15) is 44.6 Å². The molecule has 0 amide bonds. The second-order valence-electron chi connectivity index (χ2n) is 7.20. The summed E-state index contributed by atoms with van der Waals surface area (Å²) in [6.07, 6.45) is 6.05. The van der Waals surface area contributed by atoms with Gasteiger partial charge in [-0.1, -0.05) is 49.1 Å². The Balaban J connectivity index is 1.79. The molecule has 2 aliphatic rings. The minimum Gasteiger partial charge on any atom is -0.341 e. The molecule has 0 N–H and O–H groups in total. The number of hydroxylamine groups is 1. The monoisotopic (exact) mass is 355 g/mol. The first kappa shape index (κ1) is 16.5. The lowest BCUT2D eigenvalue weighted by molar-refractivity contribution is -0.142. The summed E-state index contributed by atoms with van der Waals surface area (Å²) >= 11 is 6.17. The largest absolute Gasteiger partial charge is 0.341 e. The lowest BCUT2D eigenvalue weighted by Crippen LogP contribution is -2.36. The lowest BCUT2D eigenvalue weighted by atomic mass is 9.70. The molecule has 2 aromatic carbocycles. The van der Waals surface area contributed by atoms with Crippen molar-refractivity contribution in [3.8, 4) is 11.1 Å². The molecule has 0 aromatic heterocycles. The fourth-order valence-corrected chi connectivity index (χ4v) is 4.55. The van der Waals surface area contributed by atoms with Crippen LogP contribution < -0.4 is 5.06 Å². The molecule has 1 fully saturated rings. The highest BCUT2D eigenvalue weighted by Crippen LogP contribution is 2.50. The van der Waals surface area contributed by atoms with E-state index in [0.717, 1.165) is 41.2 Å². The van der Waals surface area contributed by atoms with Crippen molar-refractivity contribution >= 4 is 23.3 Å². The van der Waals surface area contributed by atoms with Crippen LogP contribution in [0.4, 0.5) is 5.69 Å². The van der Waals surface area contributed by atoms with Crippen LogP contribution in [0.3, 0.4) is 0 Å². The third-order valence-corrected chi connectivity index (χ3v) is 5.73. The van der Waals surface area contributed by atoms with Crippen molar-refractivity contribution in [3.63, 3.8) is 0 Å². The van der Waals surface area contributed by atoms with E-state index in [-0.39, 0.29) is 11.4 Å². The summed E-state index contributed by atoms with van der Waals surface area (Å²) < 4.78 is 0. The van der Waals surface area contributed by atoms with Crippen LogP contribution in [-0.4, -0.2) is 12.5 Å². The van der Waals surface area contributed by atoms with Crippen molar-refractivity contribution in [2.24, 2.45) is 0 Å². The molecule has 25 heavy (non-hydrogen) atoms. The predicted octanol–water partition coefficient (Wildman–Crippen LogP) is 5.51. The topological polar surface area (TPSA) is 29.5 Å². The van der Waals surface area contributed by atoms with Crippen LogP contribution in [-0.2, 0) is 15.0 Å². The molecule has 1 saturated carbocycles. The van der Waals surface area contributed by atoms with Crippen molar-refractivity contribution in [1.29, 1.82) is 0 Å². The maximum absolute atomic E-state index is 11.5. The first-order valence-corrected chi connectivity index (χ1v) is 9.32. The number of halogens is 1. The maximum atomic E-state index is 11.5. The van der Waals surface area contributed by atoms with Gasteiger partial charge in [0.1, 0.15) is 0 Å². The SMILES string of the molecule is CC(=O)ON1CC2(CCCCC2)c2cc(-c3cccc(Cl)c3)ccc21. The first-order chi connectivity index (χ1) is 12.1. The maximum Gasteiger partial charge on any atom is 0.329 e. The van der Waals surface area contributed by atoms with Gasteiger partial charge in [-0.25, -0.2) is 5.06 Å². The van der Waals surface area contributed by atoms with E-state index in [2.05, 4.69) is 24.3 Å². The van der Waals surface area contributed by atoms with E-state index >= 15 is 0 Å². The molecule has 1 aliphatic heterocycles. The van der Waals surface area contributed by atoms with Gasteiger partial charge < -0.3 is 4.84 Å². The van der Waals surface area contributed by atoms with E-state index in [9.17, 15) is 4.79 Å². The van der Waals surface area contributed by atoms with Gasteiger partial charge in [0.05, 0.1) is 12.2 Å². The van der Waals surface area contributed by atoms with Gasteiger partial charge in [-0.3, -0.25) is 4.79 Å². The Labute approximate surface area is 153 Å². The zero-order valence-electron chi connectivity index (χ0n) is 14.4. The molecule has 4 heteroatoms. The molecule has 2 aromatic rings. The summed E-state index contributed by atoms with van der Waals surface area (Å²) in [6.45, 7) is 2.23. The average molecular weight is 356 g/mol. The normalized spacial score (nSPS) is 18.2. The van der Waals surface area contributed by atoms with Crippen LogP contribution in [0.15, 0.2) is 42.5 Å². The lowest BCUT2D eigenvalue weighted by Gasteiger charge is -2.34. The summed E-state index contributed by atoms with van der Waals surface area (Å²) in [6, 6.07) is 14.4. The number of hydrogen-bond acceptors (Lipinski definition) is 3. The molecule has 0 atom stereocenters. The van der Waals surface area contributed by atoms with Crippen LogP contribution in [0.5, 0.6) is 0 Å². The van der Waals surface area contributed by atoms with Crippen molar-refractivity contribution in [2.45, 2.75) is 44.4 Å². The van der Waals surface area contributed by atoms with Gasteiger partial charge in [-0.15, -0.1) is 0 Å². The zero-order valence-corrected chi connectivity index (χ0v) is 15.2. The van der Waals surface area contributed by atoms with Gasteiger partial charge in [0, 0.05) is 17.4 Å². The quantitative estimate of drug-likeness (QED) is 0.711. The third kappa shape index (κ3) is 3.02. The molecule has 0 bridgehead atoms.